The van der Waals surface area contributed by atoms with Gasteiger partial charge in [0, 0.05) is 19.1 Å². The summed E-state index contributed by atoms with van der Waals surface area (Å²) in [6, 6.07) is 16.9. The van der Waals surface area contributed by atoms with Gasteiger partial charge in [-0.15, -0.1) is 0 Å². The first-order valence-corrected chi connectivity index (χ1v) is 9.63. The number of hydrazine groups is 1. The first-order valence-electron chi connectivity index (χ1n) is 9.63. The Labute approximate surface area is 162 Å². The molecular weight excluding hydrogens is 340 g/mol. The predicted octanol–water partition coefficient (Wildman–Crippen LogP) is 3.43. The Kier molecular flexibility index (Phi) is 7.51. The van der Waals surface area contributed by atoms with Crippen LogP contribution in [0.1, 0.15) is 24.0 Å². The second-order valence-corrected chi connectivity index (χ2v) is 6.84. The molecule has 3 rings (SSSR count). The third-order valence-corrected chi connectivity index (χ3v) is 4.98. The number of nitrogens with one attached hydrogen (secondary N) is 1. The van der Waals surface area contributed by atoms with Gasteiger partial charge in [-0.3, -0.25) is 5.43 Å². The molecule has 1 saturated heterocycles. The molecule has 1 fully saturated rings. The maximum Gasteiger partial charge on any atom is 0.160 e. The Bertz CT molecular complexity index is 693. The van der Waals surface area contributed by atoms with Gasteiger partial charge in [0.25, 0.3) is 0 Å². The van der Waals surface area contributed by atoms with Gasteiger partial charge in [0.15, 0.2) is 11.5 Å². The molecule has 5 nitrogen and oxygen atoms in total. The van der Waals surface area contributed by atoms with Crippen molar-refractivity contribution in [2.45, 2.75) is 31.9 Å². The van der Waals surface area contributed by atoms with Crippen molar-refractivity contribution in [1.29, 1.82) is 0 Å². The zero-order valence-corrected chi connectivity index (χ0v) is 16.3. The van der Waals surface area contributed by atoms with Gasteiger partial charge in [0.2, 0.25) is 0 Å². The summed E-state index contributed by atoms with van der Waals surface area (Å²) in [7, 11) is 3.33. The van der Waals surface area contributed by atoms with E-state index in [1.54, 1.807) is 14.2 Å². The highest BCUT2D eigenvalue weighted by atomic mass is 16.5. The third-order valence-electron chi connectivity index (χ3n) is 4.98. The van der Waals surface area contributed by atoms with Gasteiger partial charge in [-0.25, -0.2) is 5.01 Å². The fourth-order valence-electron chi connectivity index (χ4n) is 3.48. The molecule has 0 amide bonds. The second-order valence-electron chi connectivity index (χ2n) is 6.84. The molecule has 0 radical (unpaired) electrons. The lowest BCUT2D eigenvalue weighted by Gasteiger charge is -2.25. The topological polar surface area (TPSA) is 43.0 Å². The van der Waals surface area contributed by atoms with E-state index in [1.165, 1.54) is 24.0 Å². The number of ether oxygens (including phenoxy) is 3. The van der Waals surface area contributed by atoms with Crippen molar-refractivity contribution in [3.05, 3.63) is 59.7 Å². The Hall–Kier alpha value is -2.08. The normalized spacial score (nSPS) is 17.2. The van der Waals surface area contributed by atoms with E-state index in [0.717, 1.165) is 37.6 Å². The van der Waals surface area contributed by atoms with Crippen LogP contribution in [0.4, 0.5) is 0 Å². The molecule has 1 N–H and O–H groups in total. The van der Waals surface area contributed by atoms with Crippen LogP contribution in [0.2, 0.25) is 0 Å². The van der Waals surface area contributed by atoms with Crippen molar-refractivity contribution in [3.63, 3.8) is 0 Å². The van der Waals surface area contributed by atoms with Crippen molar-refractivity contribution in [1.82, 2.24) is 10.4 Å². The molecule has 0 bridgehead atoms. The summed E-state index contributed by atoms with van der Waals surface area (Å²) >= 11 is 0. The largest absolute Gasteiger partial charge is 0.493 e. The van der Waals surface area contributed by atoms with Crippen LogP contribution in [0.25, 0.3) is 0 Å². The van der Waals surface area contributed by atoms with Gasteiger partial charge < -0.3 is 14.2 Å². The predicted molar refractivity (Wildman–Crippen MR) is 107 cm³/mol. The van der Waals surface area contributed by atoms with Crippen molar-refractivity contribution in [2.24, 2.45) is 0 Å². The number of rotatable bonds is 10. The first kappa shape index (κ1) is 19.7. The zero-order chi connectivity index (χ0) is 18.9. The van der Waals surface area contributed by atoms with E-state index in [2.05, 4.69) is 40.8 Å². The Balaban J connectivity index is 1.42. The highest BCUT2D eigenvalue weighted by Gasteiger charge is 2.24. The van der Waals surface area contributed by atoms with E-state index in [-0.39, 0.29) is 0 Å². The average molecular weight is 370 g/mol. The SMILES string of the molecule is COc1ccc(CCNN2CCC[C@H]2COCc2ccccc2)cc1OC. The summed E-state index contributed by atoms with van der Waals surface area (Å²) in [5, 5.41) is 2.34. The molecule has 0 spiro atoms. The molecular formula is C22H30N2O3. The summed E-state index contributed by atoms with van der Waals surface area (Å²) in [4.78, 5) is 0. The maximum atomic E-state index is 5.94. The number of hydrogen-bond donors (Lipinski definition) is 1. The van der Waals surface area contributed by atoms with Crippen LogP contribution in [0.15, 0.2) is 48.5 Å². The van der Waals surface area contributed by atoms with Crippen LogP contribution < -0.4 is 14.9 Å². The van der Waals surface area contributed by atoms with E-state index in [1.807, 2.05) is 18.2 Å². The van der Waals surface area contributed by atoms with Gasteiger partial charge in [-0.05, 0) is 42.5 Å². The summed E-state index contributed by atoms with van der Waals surface area (Å²) < 4.78 is 16.6. The molecule has 0 saturated carbocycles. The van der Waals surface area contributed by atoms with Gasteiger partial charge >= 0.3 is 0 Å². The lowest BCUT2D eigenvalue weighted by Crippen LogP contribution is -2.44. The summed E-state index contributed by atoms with van der Waals surface area (Å²) in [5.74, 6) is 1.55. The van der Waals surface area contributed by atoms with Crippen molar-refractivity contribution < 1.29 is 14.2 Å². The monoisotopic (exact) mass is 370 g/mol. The highest BCUT2D eigenvalue weighted by molar-refractivity contribution is 5.42. The summed E-state index contributed by atoms with van der Waals surface area (Å²) in [6.07, 6.45) is 3.33. The standard InChI is InChI=1S/C22H30N2O3/c1-25-21-11-10-18(15-22(21)26-2)12-13-23-24-14-6-9-20(24)17-27-16-19-7-4-3-5-8-19/h3-5,7-8,10-11,15,20,23H,6,9,12-14,16-17H2,1-2H3/t20-/m0/s1. The van der Waals surface area contributed by atoms with Gasteiger partial charge in [-0.2, -0.15) is 0 Å². The van der Waals surface area contributed by atoms with E-state index < -0.39 is 0 Å². The fraction of sp³-hybridized carbons (Fsp3) is 0.455. The molecule has 2 aromatic carbocycles. The van der Waals surface area contributed by atoms with Gasteiger partial charge in [-0.1, -0.05) is 36.4 Å². The molecule has 146 valence electrons. The van der Waals surface area contributed by atoms with Crippen LogP contribution in [0.3, 0.4) is 0 Å². The van der Waals surface area contributed by atoms with Crippen LogP contribution in [-0.4, -0.2) is 45.0 Å². The van der Waals surface area contributed by atoms with Crippen LogP contribution in [0.5, 0.6) is 11.5 Å². The summed E-state index contributed by atoms with van der Waals surface area (Å²) in [5.41, 5.74) is 6.03. The number of nitrogens with zero attached hydrogens (tertiary/aromatic N) is 1. The van der Waals surface area contributed by atoms with Crippen molar-refractivity contribution in [2.75, 3.05) is 33.9 Å². The molecule has 0 aliphatic carbocycles. The van der Waals surface area contributed by atoms with E-state index >= 15 is 0 Å². The Morgan fingerprint density at radius 2 is 1.81 bits per heavy atom. The van der Waals surface area contributed by atoms with E-state index in [0.29, 0.717) is 12.6 Å². The smallest absolute Gasteiger partial charge is 0.160 e. The highest BCUT2D eigenvalue weighted by Crippen LogP contribution is 2.27. The molecule has 0 unspecified atom stereocenters. The molecule has 27 heavy (non-hydrogen) atoms. The third kappa shape index (κ3) is 5.70. The average Bonchev–Trinajstić information content (AvgIpc) is 3.16. The van der Waals surface area contributed by atoms with Gasteiger partial charge in [0.1, 0.15) is 0 Å². The van der Waals surface area contributed by atoms with Crippen molar-refractivity contribution >= 4 is 0 Å². The molecule has 1 atom stereocenters. The van der Waals surface area contributed by atoms with Crippen LogP contribution >= 0.6 is 0 Å². The minimum atomic E-state index is 0.444. The first-order chi connectivity index (χ1) is 13.3. The van der Waals surface area contributed by atoms with Crippen LogP contribution in [-0.2, 0) is 17.8 Å². The fourth-order valence-corrected chi connectivity index (χ4v) is 3.48. The Morgan fingerprint density at radius 1 is 1.00 bits per heavy atom. The molecule has 5 heteroatoms. The second kappa shape index (κ2) is 10.3. The van der Waals surface area contributed by atoms with E-state index in [9.17, 15) is 0 Å². The van der Waals surface area contributed by atoms with Gasteiger partial charge in [0.05, 0.1) is 27.4 Å². The summed E-state index contributed by atoms with van der Waals surface area (Å²) in [6.45, 7) is 3.41. The molecule has 1 heterocycles. The molecule has 2 aromatic rings. The molecule has 0 aromatic heterocycles. The Morgan fingerprint density at radius 3 is 2.59 bits per heavy atom. The van der Waals surface area contributed by atoms with Crippen LogP contribution in [0, 0.1) is 0 Å². The number of hydrogen-bond acceptors (Lipinski definition) is 5. The molecule has 1 aliphatic heterocycles. The molecule has 1 aliphatic rings. The number of benzene rings is 2. The maximum absolute atomic E-state index is 5.94. The quantitative estimate of drug-likeness (QED) is 0.694. The minimum absolute atomic E-state index is 0.444. The minimum Gasteiger partial charge on any atom is -0.493 e. The lowest BCUT2D eigenvalue weighted by molar-refractivity contribution is 0.0473. The van der Waals surface area contributed by atoms with E-state index in [4.69, 9.17) is 14.2 Å². The lowest BCUT2D eigenvalue weighted by atomic mass is 10.1. The number of methoxy groups -OCH3 is 2. The van der Waals surface area contributed by atoms with Crippen molar-refractivity contribution in [3.8, 4) is 11.5 Å². The zero-order valence-electron chi connectivity index (χ0n) is 16.3.